The second kappa shape index (κ2) is 9.27. The van der Waals surface area contributed by atoms with Crippen molar-refractivity contribution in [2.45, 2.75) is 38.5 Å². The van der Waals surface area contributed by atoms with Gasteiger partial charge in [-0.1, -0.05) is 30.3 Å². The number of fused-ring (bicyclic) bond motifs is 1. The number of rotatable bonds is 8. The van der Waals surface area contributed by atoms with E-state index in [0.29, 0.717) is 6.54 Å². The Morgan fingerprint density at radius 1 is 1.04 bits per heavy atom. The standard InChI is InChI=1S/C22H27NO3/c1-25-20-13-5-3-9-18(20)11-7-15-23-22(24)16-26-21-14-6-10-17-8-2-4-12-19(17)21/h3,5-6,9-10,13-14H,2,4,7-8,11-12,15-16H2,1H3,(H,23,24). The molecule has 1 amide bonds. The number of ether oxygens (including phenoxy) is 2. The number of para-hydroxylation sites is 1. The maximum Gasteiger partial charge on any atom is 0.257 e. The Morgan fingerprint density at radius 2 is 1.85 bits per heavy atom. The third-order valence-electron chi connectivity index (χ3n) is 4.85. The van der Waals surface area contributed by atoms with Crippen LogP contribution in [0.5, 0.6) is 11.5 Å². The molecular formula is C22H27NO3. The molecule has 3 rings (SSSR count). The van der Waals surface area contributed by atoms with E-state index in [0.717, 1.165) is 42.7 Å². The van der Waals surface area contributed by atoms with Gasteiger partial charge in [0.25, 0.3) is 5.91 Å². The summed E-state index contributed by atoms with van der Waals surface area (Å²) in [5, 5.41) is 2.94. The van der Waals surface area contributed by atoms with Crippen LogP contribution in [0.2, 0.25) is 0 Å². The highest BCUT2D eigenvalue weighted by molar-refractivity contribution is 5.77. The van der Waals surface area contributed by atoms with E-state index in [-0.39, 0.29) is 12.5 Å². The van der Waals surface area contributed by atoms with Gasteiger partial charge in [0.1, 0.15) is 11.5 Å². The number of hydrogen-bond donors (Lipinski definition) is 1. The average Bonchev–Trinajstić information content (AvgIpc) is 2.70. The summed E-state index contributed by atoms with van der Waals surface area (Å²) in [6.45, 7) is 0.707. The molecule has 0 radical (unpaired) electrons. The summed E-state index contributed by atoms with van der Waals surface area (Å²) in [4.78, 5) is 12.1. The number of benzene rings is 2. The van der Waals surface area contributed by atoms with Gasteiger partial charge in [-0.05, 0) is 67.3 Å². The molecule has 0 aromatic heterocycles. The summed E-state index contributed by atoms with van der Waals surface area (Å²) in [6, 6.07) is 14.1. The summed E-state index contributed by atoms with van der Waals surface area (Å²) in [5.41, 5.74) is 3.81. The molecule has 0 unspecified atom stereocenters. The molecule has 4 heteroatoms. The third kappa shape index (κ3) is 4.78. The third-order valence-corrected chi connectivity index (χ3v) is 4.85. The van der Waals surface area contributed by atoms with Crippen molar-refractivity contribution < 1.29 is 14.3 Å². The van der Waals surface area contributed by atoms with Crippen LogP contribution in [0, 0.1) is 0 Å². The van der Waals surface area contributed by atoms with Crippen molar-refractivity contribution in [3.05, 3.63) is 59.2 Å². The van der Waals surface area contributed by atoms with E-state index in [4.69, 9.17) is 9.47 Å². The molecule has 0 aliphatic heterocycles. The van der Waals surface area contributed by atoms with Gasteiger partial charge in [0, 0.05) is 6.54 Å². The molecule has 1 aliphatic carbocycles. The van der Waals surface area contributed by atoms with Crippen molar-refractivity contribution in [3.63, 3.8) is 0 Å². The lowest BCUT2D eigenvalue weighted by atomic mass is 9.91. The maximum absolute atomic E-state index is 12.1. The Morgan fingerprint density at radius 3 is 2.73 bits per heavy atom. The Hall–Kier alpha value is -2.49. The van der Waals surface area contributed by atoms with Gasteiger partial charge in [-0.25, -0.2) is 0 Å². The van der Waals surface area contributed by atoms with Crippen LogP contribution in [0.3, 0.4) is 0 Å². The Labute approximate surface area is 155 Å². The van der Waals surface area contributed by atoms with E-state index < -0.39 is 0 Å². The van der Waals surface area contributed by atoms with Gasteiger partial charge in [-0.3, -0.25) is 4.79 Å². The highest BCUT2D eigenvalue weighted by Gasteiger charge is 2.14. The van der Waals surface area contributed by atoms with E-state index in [2.05, 4.69) is 17.4 Å². The molecule has 0 heterocycles. The Kier molecular flexibility index (Phi) is 6.53. The summed E-state index contributed by atoms with van der Waals surface area (Å²) < 4.78 is 11.1. The van der Waals surface area contributed by atoms with Crippen LogP contribution in [0.15, 0.2) is 42.5 Å². The molecule has 4 nitrogen and oxygen atoms in total. The zero-order chi connectivity index (χ0) is 18.2. The molecule has 0 bridgehead atoms. The second-order valence-corrected chi connectivity index (χ2v) is 6.65. The number of amides is 1. The van der Waals surface area contributed by atoms with Gasteiger partial charge < -0.3 is 14.8 Å². The fraction of sp³-hybridized carbons (Fsp3) is 0.409. The topological polar surface area (TPSA) is 47.6 Å². The molecule has 1 aliphatic rings. The van der Waals surface area contributed by atoms with Crippen molar-refractivity contribution in [1.82, 2.24) is 5.32 Å². The van der Waals surface area contributed by atoms with Crippen LogP contribution in [0.25, 0.3) is 0 Å². The summed E-state index contributed by atoms with van der Waals surface area (Å²) in [5.74, 6) is 1.70. The van der Waals surface area contributed by atoms with Crippen molar-refractivity contribution in [2.75, 3.05) is 20.3 Å². The highest BCUT2D eigenvalue weighted by Crippen LogP contribution is 2.29. The van der Waals surface area contributed by atoms with E-state index in [1.54, 1.807) is 7.11 Å². The normalized spacial score (nSPS) is 13.0. The zero-order valence-corrected chi connectivity index (χ0v) is 15.4. The minimum atomic E-state index is -0.0709. The lowest BCUT2D eigenvalue weighted by molar-refractivity contribution is -0.123. The molecule has 138 valence electrons. The molecular weight excluding hydrogens is 326 g/mol. The molecule has 26 heavy (non-hydrogen) atoms. The van der Waals surface area contributed by atoms with Gasteiger partial charge in [0.15, 0.2) is 6.61 Å². The summed E-state index contributed by atoms with van der Waals surface area (Å²) in [6.07, 6.45) is 6.34. The zero-order valence-electron chi connectivity index (χ0n) is 15.4. The van der Waals surface area contributed by atoms with Gasteiger partial charge >= 0.3 is 0 Å². The van der Waals surface area contributed by atoms with E-state index in [1.165, 1.54) is 24.0 Å². The smallest absolute Gasteiger partial charge is 0.257 e. The number of aryl methyl sites for hydroxylation is 2. The van der Waals surface area contributed by atoms with Gasteiger partial charge in [-0.2, -0.15) is 0 Å². The van der Waals surface area contributed by atoms with Crippen molar-refractivity contribution in [2.24, 2.45) is 0 Å². The van der Waals surface area contributed by atoms with Gasteiger partial charge in [0.2, 0.25) is 0 Å². The van der Waals surface area contributed by atoms with Crippen LogP contribution >= 0.6 is 0 Å². The Balaban J connectivity index is 1.41. The number of methoxy groups -OCH3 is 1. The van der Waals surface area contributed by atoms with Crippen molar-refractivity contribution >= 4 is 5.91 Å². The first-order valence-electron chi connectivity index (χ1n) is 9.40. The van der Waals surface area contributed by atoms with Crippen molar-refractivity contribution in [3.8, 4) is 11.5 Å². The van der Waals surface area contributed by atoms with Gasteiger partial charge in [0.05, 0.1) is 7.11 Å². The highest BCUT2D eigenvalue weighted by atomic mass is 16.5. The minimum absolute atomic E-state index is 0.0709. The largest absolute Gasteiger partial charge is 0.496 e. The van der Waals surface area contributed by atoms with Crippen LogP contribution < -0.4 is 14.8 Å². The average molecular weight is 353 g/mol. The summed E-state index contributed by atoms with van der Waals surface area (Å²) >= 11 is 0. The van der Waals surface area contributed by atoms with Crippen molar-refractivity contribution in [1.29, 1.82) is 0 Å². The van der Waals surface area contributed by atoms with Crippen LogP contribution in [0.1, 0.15) is 36.0 Å². The number of hydrogen-bond acceptors (Lipinski definition) is 3. The predicted molar refractivity (Wildman–Crippen MR) is 103 cm³/mol. The number of carbonyl (C=O) groups is 1. The van der Waals surface area contributed by atoms with E-state index in [9.17, 15) is 4.79 Å². The molecule has 0 fully saturated rings. The first-order chi connectivity index (χ1) is 12.8. The fourth-order valence-corrected chi connectivity index (χ4v) is 3.49. The maximum atomic E-state index is 12.1. The number of nitrogens with one attached hydrogen (secondary N) is 1. The molecule has 2 aromatic rings. The molecule has 0 atom stereocenters. The minimum Gasteiger partial charge on any atom is -0.496 e. The number of carbonyl (C=O) groups excluding carboxylic acids is 1. The van der Waals surface area contributed by atoms with E-state index >= 15 is 0 Å². The first-order valence-corrected chi connectivity index (χ1v) is 9.40. The van der Waals surface area contributed by atoms with Gasteiger partial charge in [-0.15, -0.1) is 0 Å². The molecule has 0 spiro atoms. The lowest BCUT2D eigenvalue weighted by Gasteiger charge is -2.19. The van der Waals surface area contributed by atoms with Crippen LogP contribution in [0.4, 0.5) is 0 Å². The summed E-state index contributed by atoms with van der Waals surface area (Å²) in [7, 11) is 1.68. The lowest BCUT2D eigenvalue weighted by Crippen LogP contribution is -2.30. The van der Waals surface area contributed by atoms with E-state index in [1.807, 2.05) is 30.3 Å². The van der Waals surface area contributed by atoms with Crippen LogP contribution in [-0.2, 0) is 24.1 Å². The molecule has 2 aromatic carbocycles. The second-order valence-electron chi connectivity index (χ2n) is 6.65. The van der Waals surface area contributed by atoms with Crippen LogP contribution in [-0.4, -0.2) is 26.2 Å². The predicted octanol–water partition coefficient (Wildman–Crippen LogP) is 3.70. The first kappa shape index (κ1) is 18.3. The SMILES string of the molecule is COc1ccccc1CCCNC(=O)COc1cccc2c1CCCC2. The quantitative estimate of drug-likeness (QED) is 0.736. The fourth-order valence-electron chi connectivity index (χ4n) is 3.49. The molecule has 0 saturated heterocycles. The molecule has 1 N–H and O–H groups in total. The molecule has 0 saturated carbocycles. The monoisotopic (exact) mass is 353 g/mol. The Bertz CT molecular complexity index is 742.